The van der Waals surface area contributed by atoms with Crippen molar-refractivity contribution in [2.75, 3.05) is 0 Å². The van der Waals surface area contributed by atoms with Crippen LogP contribution in [0.25, 0.3) is 11.1 Å². The van der Waals surface area contributed by atoms with Crippen molar-refractivity contribution < 1.29 is 0 Å². The smallest absolute Gasteiger partial charge is 0.0928 e. The van der Waals surface area contributed by atoms with Gasteiger partial charge in [0.1, 0.15) is 0 Å². The van der Waals surface area contributed by atoms with Crippen LogP contribution in [0, 0.1) is 13.8 Å². The molecule has 0 bridgehead atoms. The highest BCUT2D eigenvalue weighted by Gasteiger charge is 2.37. The lowest BCUT2D eigenvalue weighted by Gasteiger charge is -2.19. The maximum absolute atomic E-state index is 6.77. The van der Waals surface area contributed by atoms with E-state index in [9.17, 15) is 0 Å². The number of hydrogen-bond donors (Lipinski definition) is 0. The Morgan fingerprint density at radius 2 is 1.24 bits per heavy atom. The zero-order valence-corrected chi connectivity index (χ0v) is 11.1. The van der Waals surface area contributed by atoms with E-state index in [0.29, 0.717) is 0 Å². The molecule has 1 aliphatic carbocycles. The highest BCUT2D eigenvalue weighted by molar-refractivity contribution is 6.28. The first kappa shape index (κ1) is 10.9. The second-order valence-corrected chi connectivity index (χ2v) is 5.86. The van der Waals surface area contributed by atoms with Crippen LogP contribution in [0.4, 0.5) is 0 Å². The molecule has 0 atom stereocenters. The first-order chi connectivity index (χ1) is 8.00. The van der Waals surface area contributed by atoms with Crippen LogP contribution in [0.15, 0.2) is 36.4 Å². The van der Waals surface area contributed by atoms with E-state index in [1.807, 2.05) is 0 Å². The molecular formula is C16H15Cl. The molecule has 86 valence electrons. The van der Waals surface area contributed by atoms with Crippen molar-refractivity contribution >= 4 is 11.6 Å². The molecule has 17 heavy (non-hydrogen) atoms. The van der Waals surface area contributed by atoms with Crippen LogP contribution in [0.3, 0.4) is 0 Å². The molecular weight excluding hydrogens is 228 g/mol. The van der Waals surface area contributed by atoms with Crippen LogP contribution in [-0.2, 0) is 4.87 Å². The maximum atomic E-state index is 6.77. The average molecular weight is 243 g/mol. The zero-order chi connectivity index (χ0) is 12.2. The molecule has 0 heterocycles. The van der Waals surface area contributed by atoms with Crippen molar-refractivity contribution in [1.29, 1.82) is 0 Å². The van der Waals surface area contributed by atoms with Gasteiger partial charge in [0, 0.05) is 0 Å². The van der Waals surface area contributed by atoms with E-state index >= 15 is 0 Å². The third-order valence-corrected chi connectivity index (χ3v) is 4.06. The molecule has 1 heteroatoms. The Morgan fingerprint density at radius 1 is 0.824 bits per heavy atom. The SMILES string of the molecule is Cc1ccc2c(c1)C(C)(Cl)c1cc(C)ccc1-2. The summed E-state index contributed by atoms with van der Waals surface area (Å²) in [5.74, 6) is 0. The Balaban J connectivity index is 2.37. The lowest BCUT2D eigenvalue weighted by molar-refractivity contribution is 0.848. The molecule has 2 aromatic carbocycles. The summed E-state index contributed by atoms with van der Waals surface area (Å²) in [6.45, 7) is 6.32. The second kappa shape index (κ2) is 3.36. The van der Waals surface area contributed by atoms with Crippen LogP contribution in [-0.4, -0.2) is 0 Å². The summed E-state index contributed by atoms with van der Waals surface area (Å²) < 4.78 is 0. The van der Waals surface area contributed by atoms with Crippen molar-refractivity contribution in [3.8, 4) is 11.1 Å². The number of alkyl halides is 1. The van der Waals surface area contributed by atoms with Crippen molar-refractivity contribution in [3.05, 3.63) is 58.7 Å². The van der Waals surface area contributed by atoms with Gasteiger partial charge in [0.2, 0.25) is 0 Å². The molecule has 0 saturated heterocycles. The summed E-state index contributed by atoms with van der Waals surface area (Å²) in [4.78, 5) is -0.386. The molecule has 2 aromatic rings. The van der Waals surface area contributed by atoms with E-state index in [4.69, 9.17) is 11.6 Å². The molecule has 0 aromatic heterocycles. The molecule has 1 aliphatic rings. The van der Waals surface area contributed by atoms with Crippen LogP contribution in [0.2, 0.25) is 0 Å². The van der Waals surface area contributed by atoms with Gasteiger partial charge in [0.15, 0.2) is 0 Å². The van der Waals surface area contributed by atoms with Crippen LogP contribution < -0.4 is 0 Å². The first-order valence-corrected chi connectivity index (χ1v) is 6.29. The molecule has 0 saturated carbocycles. The minimum Gasteiger partial charge on any atom is -0.109 e. The Hall–Kier alpha value is -1.27. The monoisotopic (exact) mass is 242 g/mol. The van der Waals surface area contributed by atoms with E-state index in [0.717, 1.165) is 0 Å². The predicted octanol–water partition coefficient (Wildman–Crippen LogP) is 4.79. The highest BCUT2D eigenvalue weighted by Crippen LogP contribution is 2.51. The molecule has 0 aliphatic heterocycles. The van der Waals surface area contributed by atoms with Gasteiger partial charge in [-0.3, -0.25) is 0 Å². The van der Waals surface area contributed by atoms with Crippen LogP contribution >= 0.6 is 11.6 Å². The van der Waals surface area contributed by atoms with E-state index in [1.165, 1.54) is 33.4 Å². The Bertz CT molecular complexity index is 555. The fourth-order valence-corrected chi connectivity index (χ4v) is 3.02. The lowest BCUT2D eigenvalue weighted by Crippen LogP contribution is -2.11. The van der Waals surface area contributed by atoms with Gasteiger partial charge in [-0.25, -0.2) is 0 Å². The molecule has 3 rings (SSSR count). The molecule has 0 amide bonds. The lowest BCUT2D eigenvalue weighted by atomic mass is 9.96. The van der Waals surface area contributed by atoms with Crippen LogP contribution in [0.5, 0.6) is 0 Å². The number of halogens is 1. The number of benzene rings is 2. The number of hydrogen-bond acceptors (Lipinski definition) is 0. The average Bonchev–Trinajstić information content (AvgIpc) is 2.49. The number of aryl methyl sites for hydroxylation is 2. The minimum atomic E-state index is -0.386. The van der Waals surface area contributed by atoms with Crippen molar-refractivity contribution in [3.63, 3.8) is 0 Å². The van der Waals surface area contributed by atoms with Gasteiger partial charge in [-0.1, -0.05) is 47.5 Å². The van der Waals surface area contributed by atoms with E-state index in [2.05, 4.69) is 57.2 Å². The highest BCUT2D eigenvalue weighted by atomic mass is 35.5. The van der Waals surface area contributed by atoms with Crippen molar-refractivity contribution in [2.24, 2.45) is 0 Å². The third-order valence-electron chi connectivity index (χ3n) is 3.65. The molecule has 0 unspecified atom stereocenters. The van der Waals surface area contributed by atoms with Gasteiger partial charge < -0.3 is 0 Å². The summed E-state index contributed by atoms with van der Waals surface area (Å²) in [7, 11) is 0. The third kappa shape index (κ3) is 1.44. The standard InChI is InChI=1S/C16H15Cl/c1-10-4-6-12-13-7-5-11(2)9-15(13)16(3,17)14(12)8-10/h4-9H,1-3H3. The maximum Gasteiger partial charge on any atom is 0.0928 e. The molecule has 0 nitrogen and oxygen atoms in total. The quantitative estimate of drug-likeness (QED) is 0.583. The number of rotatable bonds is 0. The van der Waals surface area contributed by atoms with Crippen molar-refractivity contribution in [1.82, 2.24) is 0 Å². The molecule has 0 spiro atoms. The molecule has 0 fully saturated rings. The van der Waals surface area contributed by atoms with Crippen molar-refractivity contribution in [2.45, 2.75) is 25.6 Å². The normalized spacial score (nSPS) is 15.5. The summed E-state index contributed by atoms with van der Waals surface area (Å²) in [5, 5.41) is 0. The fourth-order valence-electron chi connectivity index (χ4n) is 2.71. The van der Waals surface area contributed by atoms with Gasteiger partial charge >= 0.3 is 0 Å². The number of fused-ring (bicyclic) bond motifs is 3. The topological polar surface area (TPSA) is 0 Å². The Labute approximate surface area is 107 Å². The largest absolute Gasteiger partial charge is 0.109 e. The summed E-state index contributed by atoms with van der Waals surface area (Å²) >= 11 is 6.77. The molecule has 0 radical (unpaired) electrons. The summed E-state index contributed by atoms with van der Waals surface area (Å²) in [6.07, 6.45) is 0. The first-order valence-electron chi connectivity index (χ1n) is 5.92. The van der Waals surface area contributed by atoms with Gasteiger partial charge in [-0.15, -0.1) is 11.6 Å². The van der Waals surface area contributed by atoms with Gasteiger partial charge in [0.25, 0.3) is 0 Å². The predicted molar refractivity (Wildman–Crippen MR) is 73.7 cm³/mol. The fraction of sp³-hybridized carbons (Fsp3) is 0.250. The minimum absolute atomic E-state index is 0.386. The van der Waals surface area contributed by atoms with Crippen LogP contribution in [0.1, 0.15) is 29.2 Å². The van der Waals surface area contributed by atoms with Gasteiger partial charge in [-0.05, 0) is 43.0 Å². The Morgan fingerprint density at radius 3 is 1.65 bits per heavy atom. The molecule has 0 N–H and O–H groups in total. The van der Waals surface area contributed by atoms with Gasteiger partial charge in [0.05, 0.1) is 4.87 Å². The summed E-state index contributed by atoms with van der Waals surface area (Å²) in [5.41, 5.74) is 7.56. The Kier molecular flexibility index (Phi) is 2.15. The van der Waals surface area contributed by atoms with E-state index in [-0.39, 0.29) is 4.87 Å². The van der Waals surface area contributed by atoms with E-state index in [1.54, 1.807) is 0 Å². The van der Waals surface area contributed by atoms with E-state index < -0.39 is 0 Å². The zero-order valence-electron chi connectivity index (χ0n) is 10.3. The second-order valence-electron chi connectivity index (χ2n) is 5.10. The summed E-state index contributed by atoms with van der Waals surface area (Å²) in [6, 6.07) is 13.1. The van der Waals surface area contributed by atoms with Gasteiger partial charge in [-0.2, -0.15) is 0 Å².